The number of hydrogen-bond acceptors (Lipinski definition) is 3. The Morgan fingerprint density at radius 3 is 2.54 bits per heavy atom. The fourth-order valence-electron chi connectivity index (χ4n) is 2.24. The molecule has 1 amide bonds. The molecular formula is C21H18BrNO2S. The van der Waals surface area contributed by atoms with Crippen LogP contribution in [-0.4, -0.2) is 5.91 Å². The van der Waals surface area contributed by atoms with Crippen molar-refractivity contribution in [2.24, 2.45) is 0 Å². The molecule has 2 aromatic carbocycles. The number of amides is 1. The zero-order valence-corrected chi connectivity index (χ0v) is 16.4. The highest BCUT2D eigenvalue weighted by Gasteiger charge is 1.99. The molecule has 0 atom stereocenters. The Balaban J connectivity index is 1.47. The molecule has 0 bridgehead atoms. The maximum atomic E-state index is 11.8. The molecule has 0 spiro atoms. The van der Waals surface area contributed by atoms with Crippen LogP contribution in [0.5, 0.6) is 5.75 Å². The summed E-state index contributed by atoms with van der Waals surface area (Å²) in [6.07, 6.45) is 3.34. The highest BCUT2D eigenvalue weighted by atomic mass is 79.9. The molecule has 3 rings (SSSR count). The fraction of sp³-hybridized carbons (Fsp3) is 0.0952. The summed E-state index contributed by atoms with van der Waals surface area (Å²) in [5.74, 6) is 0.696. The number of ether oxygens (including phenoxy) is 1. The van der Waals surface area contributed by atoms with Crippen molar-refractivity contribution >= 4 is 39.2 Å². The smallest absolute Gasteiger partial charge is 0.244 e. The van der Waals surface area contributed by atoms with Crippen LogP contribution in [-0.2, 0) is 17.9 Å². The Bertz CT molecular complexity index is 856. The van der Waals surface area contributed by atoms with Gasteiger partial charge in [-0.25, -0.2) is 0 Å². The van der Waals surface area contributed by atoms with Gasteiger partial charge in [0.1, 0.15) is 12.4 Å². The summed E-state index contributed by atoms with van der Waals surface area (Å²) in [6.45, 7) is 1.08. The molecule has 1 N–H and O–H groups in total. The van der Waals surface area contributed by atoms with E-state index in [4.69, 9.17) is 4.74 Å². The highest BCUT2D eigenvalue weighted by molar-refractivity contribution is 9.10. The molecule has 0 saturated carbocycles. The van der Waals surface area contributed by atoms with E-state index in [0.717, 1.165) is 26.2 Å². The molecule has 132 valence electrons. The molecule has 26 heavy (non-hydrogen) atoms. The number of halogens is 1. The van der Waals surface area contributed by atoms with E-state index in [2.05, 4.69) is 21.2 Å². The number of nitrogens with one attached hydrogen (secondary N) is 1. The Morgan fingerprint density at radius 1 is 1.08 bits per heavy atom. The zero-order valence-electron chi connectivity index (χ0n) is 14.0. The van der Waals surface area contributed by atoms with Gasteiger partial charge in [0.05, 0.1) is 6.54 Å². The quantitative estimate of drug-likeness (QED) is 0.511. The monoisotopic (exact) mass is 427 g/mol. The molecule has 0 aliphatic rings. The van der Waals surface area contributed by atoms with Crippen molar-refractivity contribution < 1.29 is 9.53 Å². The maximum Gasteiger partial charge on any atom is 0.244 e. The van der Waals surface area contributed by atoms with Crippen LogP contribution in [0.1, 0.15) is 16.0 Å². The van der Waals surface area contributed by atoms with E-state index in [9.17, 15) is 4.79 Å². The predicted molar refractivity (Wildman–Crippen MR) is 110 cm³/mol. The van der Waals surface area contributed by atoms with Crippen LogP contribution in [0.3, 0.4) is 0 Å². The molecule has 1 heterocycles. The Hall–Kier alpha value is -2.37. The van der Waals surface area contributed by atoms with E-state index in [0.29, 0.717) is 13.2 Å². The van der Waals surface area contributed by atoms with Crippen LogP contribution >= 0.6 is 27.3 Å². The number of carbonyl (C=O) groups excluding carboxylic acids is 1. The molecule has 0 saturated heterocycles. The minimum Gasteiger partial charge on any atom is -0.489 e. The van der Waals surface area contributed by atoms with Crippen molar-refractivity contribution in [2.75, 3.05) is 0 Å². The zero-order chi connectivity index (χ0) is 18.2. The second-order valence-electron chi connectivity index (χ2n) is 5.61. The van der Waals surface area contributed by atoms with Gasteiger partial charge in [-0.2, -0.15) is 0 Å². The molecule has 5 heteroatoms. The van der Waals surface area contributed by atoms with Crippen molar-refractivity contribution in [1.82, 2.24) is 5.32 Å². The van der Waals surface area contributed by atoms with Crippen LogP contribution in [0.25, 0.3) is 6.08 Å². The van der Waals surface area contributed by atoms with Crippen LogP contribution in [0.15, 0.2) is 76.6 Å². The standard InChI is InChI=1S/C21H18BrNO2S/c22-18-8-3-17(4-9-18)15-25-19-10-5-16(6-11-19)7-12-21(24)23-14-20-2-1-13-26-20/h1-13H,14-15H2,(H,23,24)/b12-7+. The lowest BCUT2D eigenvalue weighted by Gasteiger charge is -2.06. The minimum atomic E-state index is -0.103. The van der Waals surface area contributed by atoms with Crippen molar-refractivity contribution in [2.45, 2.75) is 13.2 Å². The van der Waals surface area contributed by atoms with Gasteiger partial charge < -0.3 is 10.1 Å². The Kier molecular flexibility index (Phi) is 6.63. The summed E-state index contributed by atoms with van der Waals surface area (Å²) in [6, 6.07) is 19.7. The normalized spacial score (nSPS) is 10.8. The second kappa shape index (κ2) is 9.36. The molecule has 0 unspecified atom stereocenters. The number of thiophene rings is 1. The molecule has 0 aliphatic carbocycles. The first-order valence-corrected chi connectivity index (χ1v) is 9.82. The summed E-state index contributed by atoms with van der Waals surface area (Å²) in [5.41, 5.74) is 2.06. The van der Waals surface area contributed by atoms with Gasteiger partial charge in [-0.3, -0.25) is 4.79 Å². The van der Waals surface area contributed by atoms with Gasteiger partial charge in [0.25, 0.3) is 0 Å². The third-order valence-corrected chi connectivity index (χ3v) is 5.05. The van der Waals surface area contributed by atoms with Crippen LogP contribution < -0.4 is 10.1 Å². The third-order valence-electron chi connectivity index (χ3n) is 3.64. The van der Waals surface area contributed by atoms with Gasteiger partial charge in [-0.15, -0.1) is 11.3 Å². The lowest BCUT2D eigenvalue weighted by Crippen LogP contribution is -2.19. The molecule has 0 aliphatic heterocycles. The molecule has 0 fully saturated rings. The molecular weight excluding hydrogens is 410 g/mol. The van der Waals surface area contributed by atoms with Crippen molar-refractivity contribution in [1.29, 1.82) is 0 Å². The van der Waals surface area contributed by atoms with E-state index < -0.39 is 0 Å². The van der Waals surface area contributed by atoms with Crippen molar-refractivity contribution in [3.05, 3.63) is 92.6 Å². The van der Waals surface area contributed by atoms with Gasteiger partial charge in [-0.1, -0.05) is 46.3 Å². The molecule has 1 aromatic heterocycles. The summed E-state index contributed by atoms with van der Waals surface area (Å²) in [7, 11) is 0. The first kappa shape index (κ1) is 18.4. The lowest BCUT2D eigenvalue weighted by atomic mass is 10.2. The average Bonchev–Trinajstić information content (AvgIpc) is 3.19. The number of rotatable bonds is 7. The number of carbonyl (C=O) groups is 1. The van der Waals surface area contributed by atoms with E-state index >= 15 is 0 Å². The van der Waals surface area contributed by atoms with E-state index in [-0.39, 0.29) is 5.91 Å². The summed E-state index contributed by atoms with van der Waals surface area (Å²) < 4.78 is 6.83. The van der Waals surface area contributed by atoms with E-state index in [1.54, 1.807) is 23.5 Å². The second-order valence-corrected chi connectivity index (χ2v) is 7.56. The fourth-order valence-corrected chi connectivity index (χ4v) is 3.15. The largest absolute Gasteiger partial charge is 0.489 e. The number of benzene rings is 2. The Morgan fingerprint density at radius 2 is 1.85 bits per heavy atom. The molecule has 3 nitrogen and oxygen atoms in total. The third kappa shape index (κ3) is 5.86. The average molecular weight is 428 g/mol. The highest BCUT2D eigenvalue weighted by Crippen LogP contribution is 2.16. The van der Waals surface area contributed by atoms with Crippen molar-refractivity contribution in [3.8, 4) is 5.75 Å². The summed E-state index contributed by atoms with van der Waals surface area (Å²) in [4.78, 5) is 13.0. The molecule has 0 radical (unpaired) electrons. The molecule has 3 aromatic rings. The van der Waals surface area contributed by atoms with Crippen LogP contribution in [0.4, 0.5) is 0 Å². The van der Waals surface area contributed by atoms with Gasteiger partial charge in [-0.05, 0) is 52.9 Å². The predicted octanol–water partition coefficient (Wildman–Crippen LogP) is 5.42. The number of hydrogen-bond donors (Lipinski definition) is 1. The first-order chi connectivity index (χ1) is 12.7. The lowest BCUT2D eigenvalue weighted by molar-refractivity contribution is -0.116. The van der Waals surface area contributed by atoms with Crippen LogP contribution in [0.2, 0.25) is 0 Å². The first-order valence-electron chi connectivity index (χ1n) is 8.15. The van der Waals surface area contributed by atoms with E-state index in [1.165, 1.54) is 0 Å². The van der Waals surface area contributed by atoms with Gasteiger partial charge >= 0.3 is 0 Å². The topological polar surface area (TPSA) is 38.3 Å². The summed E-state index contributed by atoms with van der Waals surface area (Å²) in [5, 5.41) is 4.86. The van der Waals surface area contributed by atoms with Gasteiger partial charge in [0.15, 0.2) is 0 Å². The van der Waals surface area contributed by atoms with Crippen molar-refractivity contribution in [3.63, 3.8) is 0 Å². The van der Waals surface area contributed by atoms with Crippen LogP contribution in [0, 0.1) is 0 Å². The van der Waals surface area contributed by atoms with Gasteiger partial charge in [0.2, 0.25) is 5.91 Å². The maximum absolute atomic E-state index is 11.8. The summed E-state index contributed by atoms with van der Waals surface area (Å²) >= 11 is 5.05. The van der Waals surface area contributed by atoms with E-state index in [1.807, 2.05) is 66.0 Å². The van der Waals surface area contributed by atoms with Gasteiger partial charge in [0, 0.05) is 15.4 Å². The Labute approximate surface area is 165 Å². The SMILES string of the molecule is O=C(/C=C/c1ccc(OCc2ccc(Br)cc2)cc1)NCc1cccs1. The minimum absolute atomic E-state index is 0.103.